The summed E-state index contributed by atoms with van der Waals surface area (Å²) in [4.78, 5) is 12.9. The van der Waals surface area contributed by atoms with Gasteiger partial charge in [0.05, 0.1) is 23.3 Å². The third kappa shape index (κ3) is 8.51. The second-order valence-electron chi connectivity index (χ2n) is 10.5. The van der Waals surface area contributed by atoms with E-state index in [1.165, 1.54) is 0 Å². The number of halogens is 12. The summed E-state index contributed by atoms with van der Waals surface area (Å²) >= 11 is 0. The average Bonchev–Trinajstić information content (AvgIpc) is 2.96. The molecule has 4 rings (SSSR count). The van der Waals surface area contributed by atoms with E-state index in [0.29, 0.717) is 35.2 Å². The van der Waals surface area contributed by atoms with Crippen molar-refractivity contribution in [2.75, 3.05) is 11.5 Å². The first-order valence-electron chi connectivity index (χ1n) is 13.5. The number of hydrogen-bond acceptors (Lipinski definition) is 3. The summed E-state index contributed by atoms with van der Waals surface area (Å²) in [6.07, 6.45) is -21.5. The van der Waals surface area contributed by atoms with Crippen LogP contribution in [0.15, 0.2) is 66.7 Å². The third-order valence-electron chi connectivity index (χ3n) is 7.23. The quantitative estimate of drug-likeness (QED) is 0.192. The van der Waals surface area contributed by atoms with Crippen LogP contribution in [0.5, 0.6) is 0 Å². The van der Waals surface area contributed by atoms with Crippen LogP contribution in [0.3, 0.4) is 0 Å². The lowest BCUT2D eigenvalue weighted by atomic mass is 9.88. The van der Waals surface area contributed by atoms with E-state index < -0.39 is 89.2 Å². The highest BCUT2D eigenvalue weighted by Gasteiger charge is 2.48. The molecule has 250 valence electrons. The van der Waals surface area contributed by atoms with Crippen molar-refractivity contribution in [3.63, 3.8) is 0 Å². The lowest BCUT2D eigenvalue weighted by molar-refractivity contribution is -0.171. The van der Waals surface area contributed by atoms with Crippen molar-refractivity contribution < 1.29 is 62.2 Å². The van der Waals surface area contributed by atoms with Crippen LogP contribution in [0.25, 0.3) is 0 Å². The van der Waals surface area contributed by atoms with E-state index in [-0.39, 0.29) is 25.7 Å². The van der Waals surface area contributed by atoms with Crippen LogP contribution in [-0.2, 0) is 41.2 Å². The number of fused-ring (bicyclic) bond motifs is 1. The van der Waals surface area contributed by atoms with Crippen LogP contribution in [0.2, 0.25) is 0 Å². The lowest BCUT2D eigenvalue weighted by Gasteiger charge is -2.42. The molecule has 0 aromatic heterocycles. The van der Waals surface area contributed by atoms with E-state index in [9.17, 15) is 57.5 Å². The molecule has 3 aromatic carbocycles. The fourth-order valence-corrected chi connectivity index (χ4v) is 5.13. The van der Waals surface area contributed by atoms with Crippen LogP contribution in [0.1, 0.15) is 52.3 Å². The standard InChI is InChI=1S/C30H24F12N2O2/c31-27(32,33)19-6-7-25-23(13-19)24(43-15-18-10-20(28(34,35)36)12-21(11-18)29(37,38)39)14-22(44(25)26(45)30(40,41)42)8-9-46-16-17-4-2-1-3-5-17/h1-7,10-13,22,24,43H,8-9,14-16H2. The molecule has 0 saturated carbocycles. The van der Waals surface area contributed by atoms with Gasteiger partial charge in [-0.2, -0.15) is 52.7 Å². The summed E-state index contributed by atoms with van der Waals surface area (Å²) in [5, 5.41) is 2.61. The normalized spacial score (nSPS) is 17.6. The number of carbonyl (C=O) groups excluding carboxylic acids is 1. The Balaban J connectivity index is 1.70. The second kappa shape index (κ2) is 13.1. The predicted octanol–water partition coefficient (Wildman–Crippen LogP) is 8.85. The fraction of sp³-hybridized carbons (Fsp3) is 0.367. The molecular weight excluding hydrogens is 648 g/mol. The molecule has 0 spiro atoms. The van der Waals surface area contributed by atoms with Crippen LogP contribution in [0, 0.1) is 0 Å². The Labute approximate surface area is 253 Å². The van der Waals surface area contributed by atoms with Crippen molar-refractivity contribution >= 4 is 11.6 Å². The van der Waals surface area contributed by atoms with Crippen LogP contribution in [0.4, 0.5) is 58.4 Å². The average molecular weight is 673 g/mol. The topological polar surface area (TPSA) is 41.6 Å². The Hall–Kier alpha value is -3.79. The molecular formula is C30H24F12N2O2. The number of amides is 1. The van der Waals surface area contributed by atoms with Gasteiger partial charge in [-0.3, -0.25) is 4.79 Å². The molecule has 0 radical (unpaired) electrons. The summed E-state index contributed by atoms with van der Waals surface area (Å²) in [5.74, 6) is -2.37. The Morgan fingerprint density at radius 1 is 0.739 bits per heavy atom. The maximum atomic E-state index is 13.7. The fourth-order valence-electron chi connectivity index (χ4n) is 5.13. The molecule has 0 bridgehead atoms. The van der Waals surface area contributed by atoms with Crippen molar-refractivity contribution in [1.82, 2.24) is 5.32 Å². The molecule has 3 aromatic rings. The number of nitrogens with one attached hydrogen (secondary N) is 1. The Bertz CT molecular complexity index is 1480. The van der Waals surface area contributed by atoms with Gasteiger partial charge in [-0.15, -0.1) is 0 Å². The van der Waals surface area contributed by atoms with Gasteiger partial charge in [0.25, 0.3) is 0 Å². The van der Waals surface area contributed by atoms with E-state index in [4.69, 9.17) is 4.74 Å². The zero-order chi connectivity index (χ0) is 34.1. The number of benzene rings is 3. The van der Waals surface area contributed by atoms with Gasteiger partial charge in [-0.1, -0.05) is 30.3 Å². The number of hydrogen-bond donors (Lipinski definition) is 1. The number of ether oxygens (including phenoxy) is 1. The molecule has 0 fully saturated rings. The number of nitrogens with zero attached hydrogens (tertiary/aromatic N) is 1. The molecule has 2 atom stereocenters. The van der Waals surface area contributed by atoms with Gasteiger partial charge < -0.3 is 15.0 Å². The van der Waals surface area contributed by atoms with Gasteiger partial charge in [0, 0.05) is 30.9 Å². The van der Waals surface area contributed by atoms with Gasteiger partial charge in [-0.05, 0) is 65.9 Å². The van der Waals surface area contributed by atoms with Gasteiger partial charge in [-0.25, -0.2) is 0 Å². The van der Waals surface area contributed by atoms with Crippen molar-refractivity contribution in [1.29, 1.82) is 0 Å². The highest BCUT2D eigenvalue weighted by atomic mass is 19.4. The van der Waals surface area contributed by atoms with E-state index in [2.05, 4.69) is 5.32 Å². The van der Waals surface area contributed by atoms with Crippen LogP contribution < -0.4 is 10.2 Å². The SMILES string of the molecule is O=C(N1c2ccc(C(F)(F)F)cc2C(NCc2cc(C(F)(F)F)cc(C(F)(F)F)c2)CC1CCOCc1ccccc1)C(F)(F)F. The van der Waals surface area contributed by atoms with E-state index >= 15 is 0 Å². The molecule has 1 N–H and O–H groups in total. The first kappa shape index (κ1) is 35.1. The number of alkyl halides is 12. The zero-order valence-corrected chi connectivity index (χ0v) is 23.3. The van der Waals surface area contributed by atoms with Crippen molar-refractivity contribution in [3.8, 4) is 0 Å². The van der Waals surface area contributed by atoms with Gasteiger partial charge in [0.15, 0.2) is 0 Å². The molecule has 1 aliphatic rings. The first-order chi connectivity index (χ1) is 21.2. The lowest BCUT2D eigenvalue weighted by Crippen LogP contribution is -2.52. The van der Waals surface area contributed by atoms with Crippen molar-refractivity contribution in [2.24, 2.45) is 0 Å². The van der Waals surface area contributed by atoms with E-state index in [1.807, 2.05) is 0 Å². The molecule has 0 aliphatic carbocycles. The Morgan fingerprint density at radius 2 is 1.33 bits per heavy atom. The number of carbonyl (C=O) groups is 1. The van der Waals surface area contributed by atoms with Gasteiger partial charge >= 0.3 is 30.6 Å². The number of anilines is 1. The van der Waals surface area contributed by atoms with Crippen molar-refractivity contribution in [3.05, 3.63) is 100 Å². The first-order valence-corrected chi connectivity index (χ1v) is 13.5. The molecule has 2 unspecified atom stereocenters. The molecule has 0 saturated heterocycles. The molecule has 4 nitrogen and oxygen atoms in total. The minimum atomic E-state index is -5.44. The smallest absolute Gasteiger partial charge is 0.377 e. The minimum absolute atomic E-state index is 0.0467. The number of rotatable bonds is 8. The monoisotopic (exact) mass is 672 g/mol. The van der Waals surface area contributed by atoms with E-state index in [0.717, 1.165) is 5.56 Å². The molecule has 1 aliphatic heterocycles. The minimum Gasteiger partial charge on any atom is -0.377 e. The summed E-state index contributed by atoms with van der Waals surface area (Å²) in [6.45, 7) is -0.894. The summed E-state index contributed by atoms with van der Waals surface area (Å²) in [6, 6.07) is 8.35. The van der Waals surface area contributed by atoms with E-state index in [1.54, 1.807) is 30.3 Å². The van der Waals surface area contributed by atoms with Gasteiger partial charge in [0.1, 0.15) is 0 Å². The van der Waals surface area contributed by atoms with Gasteiger partial charge in [0.2, 0.25) is 0 Å². The molecule has 16 heteroatoms. The second-order valence-corrected chi connectivity index (χ2v) is 10.5. The predicted molar refractivity (Wildman–Crippen MR) is 140 cm³/mol. The molecule has 1 heterocycles. The summed E-state index contributed by atoms with van der Waals surface area (Å²) < 4.78 is 168. The highest BCUT2D eigenvalue weighted by Crippen LogP contribution is 2.44. The third-order valence-corrected chi connectivity index (χ3v) is 7.23. The zero-order valence-electron chi connectivity index (χ0n) is 23.3. The Morgan fingerprint density at radius 3 is 1.87 bits per heavy atom. The Kier molecular flexibility index (Phi) is 10.0. The van der Waals surface area contributed by atoms with Crippen molar-refractivity contribution in [2.45, 2.75) is 62.8 Å². The highest BCUT2D eigenvalue weighted by molar-refractivity contribution is 5.99. The maximum absolute atomic E-state index is 13.7. The summed E-state index contributed by atoms with van der Waals surface area (Å²) in [5.41, 5.74) is -5.36. The summed E-state index contributed by atoms with van der Waals surface area (Å²) in [7, 11) is 0. The largest absolute Gasteiger partial charge is 0.471 e. The maximum Gasteiger partial charge on any atom is 0.471 e. The van der Waals surface area contributed by atoms with Crippen LogP contribution >= 0.6 is 0 Å². The molecule has 46 heavy (non-hydrogen) atoms. The van der Waals surface area contributed by atoms with Crippen LogP contribution in [-0.4, -0.2) is 24.7 Å². The molecule has 1 amide bonds.